The van der Waals surface area contributed by atoms with E-state index in [2.05, 4.69) is 13.8 Å². The van der Waals surface area contributed by atoms with Crippen molar-refractivity contribution in [3.8, 4) is 0 Å². The fraction of sp³-hybridized carbons (Fsp3) is 0.792. The number of hydrogen-bond acceptors (Lipinski definition) is 6. The Bertz CT molecular complexity index is 851. The number of hydrogen-bond donors (Lipinski definition) is 1. The standard InChI is InChI=1S/C24H32O5S/c1-13(25)30-21-19-15(22(2)8-4-14(26)12-17(22)20(21)28)5-9-23(3)16(19)6-10-24(23)11-7-18(27)29-24/h12,15-16,19-21,28H,4-11H2,1-3H3/t15-,16-,19+,20-,21-,22+,23-,24+/m0/s1. The molecule has 5 rings (SSSR count). The molecule has 4 fully saturated rings. The van der Waals surface area contributed by atoms with Gasteiger partial charge >= 0.3 is 5.97 Å². The van der Waals surface area contributed by atoms with E-state index in [4.69, 9.17) is 4.74 Å². The van der Waals surface area contributed by atoms with Gasteiger partial charge in [-0.2, -0.15) is 0 Å². The van der Waals surface area contributed by atoms with Crippen LogP contribution in [0.1, 0.15) is 72.1 Å². The fourth-order valence-corrected chi connectivity index (χ4v) is 9.37. The van der Waals surface area contributed by atoms with Crippen LogP contribution in [0.15, 0.2) is 11.6 Å². The number of thioether (sulfide) groups is 1. The number of rotatable bonds is 1. The maximum absolute atomic E-state index is 12.2. The van der Waals surface area contributed by atoms with Crippen LogP contribution in [0.5, 0.6) is 0 Å². The number of fused-ring (bicyclic) bond motifs is 6. The Morgan fingerprint density at radius 3 is 2.50 bits per heavy atom. The minimum atomic E-state index is -0.778. The first-order valence-electron chi connectivity index (χ1n) is 11.4. The van der Waals surface area contributed by atoms with Crippen LogP contribution in [0.2, 0.25) is 0 Å². The predicted molar refractivity (Wildman–Crippen MR) is 114 cm³/mol. The molecule has 1 N–H and O–H groups in total. The Balaban J connectivity index is 1.59. The molecule has 1 aliphatic heterocycles. The van der Waals surface area contributed by atoms with Crippen molar-refractivity contribution in [3.63, 3.8) is 0 Å². The van der Waals surface area contributed by atoms with Gasteiger partial charge in [-0.05, 0) is 73.3 Å². The molecule has 0 amide bonds. The van der Waals surface area contributed by atoms with Gasteiger partial charge in [0.2, 0.25) is 0 Å². The minimum absolute atomic E-state index is 0.0106. The monoisotopic (exact) mass is 432 g/mol. The van der Waals surface area contributed by atoms with Gasteiger partial charge in [-0.15, -0.1) is 0 Å². The maximum atomic E-state index is 12.2. The van der Waals surface area contributed by atoms with E-state index in [1.54, 1.807) is 13.0 Å². The van der Waals surface area contributed by atoms with Crippen LogP contribution in [-0.4, -0.2) is 38.9 Å². The van der Waals surface area contributed by atoms with Gasteiger partial charge in [-0.1, -0.05) is 25.6 Å². The molecule has 1 heterocycles. The first-order chi connectivity index (χ1) is 14.1. The first-order valence-corrected chi connectivity index (χ1v) is 12.3. The Morgan fingerprint density at radius 2 is 1.83 bits per heavy atom. The molecule has 4 aliphatic carbocycles. The summed E-state index contributed by atoms with van der Waals surface area (Å²) in [6.45, 7) is 6.08. The predicted octanol–water partition coefficient (Wildman–Crippen LogP) is 3.82. The molecule has 3 saturated carbocycles. The Labute approximate surface area is 182 Å². The molecular formula is C24H32O5S. The summed E-state index contributed by atoms with van der Waals surface area (Å²) < 4.78 is 6.02. The van der Waals surface area contributed by atoms with E-state index in [0.29, 0.717) is 24.7 Å². The van der Waals surface area contributed by atoms with E-state index < -0.39 is 6.10 Å². The van der Waals surface area contributed by atoms with Crippen molar-refractivity contribution in [1.29, 1.82) is 0 Å². The van der Waals surface area contributed by atoms with Crippen molar-refractivity contribution in [2.75, 3.05) is 0 Å². The van der Waals surface area contributed by atoms with Crippen LogP contribution in [0.4, 0.5) is 0 Å². The highest BCUT2D eigenvalue weighted by Crippen LogP contribution is 2.70. The third kappa shape index (κ3) is 2.62. The molecule has 0 bridgehead atoms. The molecule has 0 aromatic heterocycles. The van der Waals surface area contributed by atoms with E-state index in [1.807, 2.05) is 0 Å². The molecule has 5 aliphatic rings. The third-order valence-electron chi connectivity index (χ3n) is 9.66. The molecule has 5 nitrogen and oxygen atoms in total. The smallest absolute Gasteiger partial charge is 0.306 e. The number of aliphatic hydroxyl groups excluding tert-OH is 1. The zero-order chi connectivity index (χ0) is 21.5. The lowest BCUT2D eigenvalue weighted by molar-refractivity contribution is -0.169. The summed E-state index contributed by atoms with van der Waals surface area (Å²) in [6.07, 6.45) is 7.34. The normalized spacial score (nSPS) is 49.9. The van der Waals surface area contributed by atoms with Crippen LogP contribution in [0.3, 0.4) is 0 Å². The largest absolute Gasteiger partial charge is 0.458 e. The van der Waals surface area contributed by atoms with Crippen molar-refractivity contribution >= 4 is 28.6 Å². The van der Waals surface area contributed by atoms with Crippen molar-refractivity contribution in [2.45, 2.75) is 89.1 Å². The molecule has 164 valence electrons. The Hall–Kier alpha value is -1.14. The highest BCUT2D eigenvalue weighted by Gasteiger charge is 2.69. The number of carbonyl (C=O) groups is 3. The lowest BCUT2D eigenvalue weighted by atomic mass is 9.45. The molecule has 8 atom stereocenters. The van der Waals surface area contributed by atoms with Gasteiger partial charge in [-0.3, -0.25) is 14.4 Å². The molecule has 6 heteroatoms. The average Bonchev–Trinajstić information content (AvgIpc) is 3.20. The quantitative estimate of drug-likeness (QED) is 0.635. The van der Waals surface area contributed by atoms with Gasteiger partial charge in [0.25, 0.3) is 0 Å². The highest BCUT2D eigenvalue weighted by molar-refractivity contribution is 8.14. The molecule has 0 radical (unpaired) electrons. The van der Waals surface area contributed by atoms with E-state index in [0.717, 1.165) is 44.1 Å². The topological polar surface area (TPSA) is 80.7 Å². The zero-order valence-corrected chi connectivity index (χ0v) is 18.9. The van der Waals surface area contributed by atoms with E-state index >= 15 is 0 Å². The minimum Gasteiger partial charge on any atom is -0.458 e. The number of ether oxygens (including phenoxy) is 1. The second-order valence-corrected chi connectivity index (χ2v) is 12.1. The SMILES string of the molecule is CC(=O)S[C@H]1[C@@H]2[C@H](CC[C@@]3(C)[C@H]2CC[C@@]32CCC(=O)O2)[C@@]2(C)CCC(=O)C=C2[C@@H]1O. The first kappa shape index (κ1) is 20.7. The van der Waals surface area contributed by atoms with E-state index in [1.165, 1.54) is 11.8 Å². The second-order valence-electron chi connectivity index (χ2n) is 10.8. The zero-order valence-electron chi connectivity index (χ0n) is 18.1. The van der Waals surface area contributed by atoms with Crippen molar-refractivity contribution in [2.24, 2.45) is 28.6 Å². The summed E-state index contributed by atoms with van der Waals surface area (Å²) in [4.78, 5) is 36.5. The van der Waals surface area contributed by atoms with E-state index in [-0.39, 0.29) is 44.5 Å². The molecule has 1 saturated heterocycles. The second kappa shape index (κ2) is 6.68. The average molecular weight is 433 g/mol. The van der Waals surface area contributed by atoms with E-state index in [9.17, 15) is 19.5 Å². The molecule has 30 heavy (non-hydrogen) atoms. The summed E-state index contributed by atoms with van der Waals surface area (Å²) in [5, 5.41) is 11.2. The Morgan fingerprint density at radius 1 is 1.10 bits per heavy atom. The number of esters is 1. The third-order valence-corrected chi connectivity index (χ3v) is 10.8. The summed E-state index contributed by atoms with van der Waals surface area (Å²) in [7, 11) is 0. The summed E-state index contributed by atoms with van der Waals surface area (Å²) >= 11 is 1.26. The van der Waals surface area contributed by atoms with Gasteiger partial charge in [0, 0.05) is 30.4 Å². The fourth-order valence-electron chi connectivity index (χ4n) is 8.18. The maximum Gasteiger partial charge on any atom is 0.306 e. The lowest BCUT2D eigenvalue weighted by Gasteiger charge is -2.62. The van der Waals surface area contributed by atoms with Crippen LogP contribution in [-0.2, 0) is 19.1 Å². The molecule has 0 aromatic rings. The summed E-state index contributed by atoms with van der Waals surface area (Å²) in [5.41, 5.74) is 0.158. The molecular weight excluding hydrogens is 400 g/mol. The molecule has 0 unspecified atom stereocenters. The number of carbonyl (C=O) groups excluding carboxylic acids is 3. The van der Waals surface area contributed by atoms with Crippen LogP contribution in [0, 0.1) is 28.6 Å². The van der Waals surface area contributed by atoms with Crippen LogP contribution < -0.4 is 0 Å². The van der Waals surface area contributed by atoms with Gasteiger partial charge in [-0.25, -0.2) is 0 Å². The number of aliphatic hydroxyl groups is 1. The van der Waals surface area contributed by atoms with Gasteiger partial charge < -0.3 is 9.84 Å². The Kier molecular flexibility index (Phi) is 4.62. The highest BCUT2D eigenvalue weighted by atomic mass is 32.2. The van der Waals surface area contributed by atoms with Crippen molar-refractivity contribution in [1.82, 2.24) is 0 Å². The van der Waals surface area contributed by atoms with Gasteiger partial charge in [0.15, 0.2) is 10.9 Å². The van der Waals surface area contributed by atoms with Crippen LogP contribution >= 0.6 is 11.8 Å². The van der Waals surface area contributed by atoms with Crippen LogP contribution in [0.25, 0.3) is 0 Å². The summed E-state index contributed by atoms with van der Waals surface area (Å²) in [5.74, 6) is 0.832. The van der Waals surface area contributed by atoms with Crippen molar-refractivity contribution in [3.05, 3.63) is 11.6 Å². The number of ketones is 1. The van der Waals surface area contributed by atoms with Gasteiger partial charge in [0.1, 0.15) is 5.60 Å². The van der Waals surface area contributed by atoms with Gasteiger partial charge in [0.05, 0.1) is 6.10 Å². The van der Waals surface area contributed by atoms with Crippen molar-refractivity contribution < 1.29 is 24.2 Å². The molecule has 1 spiro atoms. The molecule has 0 aromatic carbocycles. The summed E-state index contributed by atoms with van der Waals surface area (Å²) in [6, 6.07) is 0. The lowest BCUT2D eigenvalue weighted by Crippen LogP contribution is -2.61.